The normalized spacial score (nSPS) is 11.6. The number of carbonyl (C=O) groups is 2. The maximum Gasteiger partial charge on any atom is 0.420 e. The molecule has 0 saturated carbocycles. The average molecular weight is 288 g/mol. The van der Waals surface area contributed by atoms with Gasteiger partial charge in [0.2, 0.25) is 0 Å². The second-order valence-corrected chi connectivity index (χ2v) is 5.94. The first kappa shape index (κ1) is 15.2. The quantitative estimate of drug-likeness (QED) is 0.806. The van der Waals surface area contributed by atoms with Crippen molar-refractivity contribution in [1.82, 2.24) is 9.55 Å². The van der Waals surface area contributed by atoms with Gasteiger partial charge in [-0.05, 0) is 39.3 Å². The van der Waals surface area contributed by atoms with E-state index >= 15 is 0 Å². The zero-order valence-electron chi connectivity index (χ0n) is 12.8. The predicted molar refractivity (Wildman–Crippen MR) is 80.6 cm³/mol. The summed E-state index contributed by atoms with van der Waals surface area (Å²) in [5.41, 5.74) is 0.368. The van der Waals surface area contributed by atoms with Crippen LogP contribution in [0.25, 0.3) is 11.0 Å². The first-order chi connectivity index (χ1) is 9.83. The van der Waals surface area contributed by atoms with Crippen LogP contribution in [-0.2, 0) is 4.74 Å². The molecule has 112 valence electrons. The van der Waals surface area contributed by atoms with Crippen molar-refractivity contribution >= 4 is 22.9 Å². The molecule has 0 aliphatic carbocycles. The topological polar surface area (TPSA) is 61.2 Å². The fourth-order valence-electron chi connectivity index (χ4n) is 2.09. The zero-order valence-corrected chi connectivity index (χ0v) is 12.8. The van der Waals surface area contributed by atoms with E-state index in [-0.39, 0.29) is 5.78 Å². The molecule has 2 heterocycles. The monoisotopic (exact) mass is 288 g/mol. The Bertz CT molecular complexity index is 680. The molecule has 0 fully saturated rings. The van der Waals surface area contributed by atoms with Crippen molar-refractivity contribution in [2.45, 2.75) is 46.1 Å². The Morgan fingerprint density at radius 3 is 2.67 bits per heavy atom. The van der Waals surface area contributed by atoms with Crippen molar-refractivity contribution in [2.75, 3.05) is 0 Å². The smallest absolute Gasteiger partial charge is 0.420 e. The van der Waals surface area contributed by atoms with Crippen molar-refractivity contribution in [2.24, 2.45) is 0 Å². The van der Waals surface area contributed by atoms with Crippen molar-refractivity contribution in [1.29, 1.82) is 0 Å². The number of nitrogens with zero attached hydrogens (tertiary/aromatic N) is 2. The summed E-state index contributed by atoms with van der Waals surface area (Å²) < 4.78 is 6.67. The number of fused-ring (bicyclic) bond motifs is 1. The van der Waals surface area contributed by atoms with Gasteiger partial charge < -0.3 is 4.74 Å². The van der Waals surface area contributed by atoms with E-state index < -0.39 is 11.7 Å². The lowest BCUT2D eigenvalue weighted by molar-refractivity contribution is 0.0543. The van der Waals surface area contributed by atoms with Crippen molar-refractivity contribution in [3.8, 4) is 0 Å². The Labute approximate surface area is 123 Å². The molecule has 5 heteroatoms. The molecule has 0 aromatic carbocycles. The van der Waals surface area contributed by atoms with E-state index in [1.807, 2.05) is 6.92 Å². The van der Waals surface area contributed by atoms with Crippen LogP contribution in [0.2, 0.25) is 0 Å². The highest BCUT2D eigenvalue weighted by atomic mass is 16.6. The molecule has 21 heavy (non-hydrogen) atoms. The molecular weight excluding hydrogens is 268 g/mol. The van der Waals surface area contributed by atoms with E-state index in [1.54, 1.807) is 39.1 Å². The van der Waals surface area contributed by atoms with E-state index in [0.29, 0.717) is 23.0 Å². The molecule has 0 spiro atoms. The SMILES string of the molecule is CCCC(=O)c1cn(C(=O)OC(C)(C)C)c2ncccc12. The summed E-state index contributed by atoms with van der Waals surface area (Å²) in [5.74, 6) is 0.0119. The van der Waals surface area contributed by atoms with Crippen LogP contribution in [0.15, 0.2) is 24.5 Å². The van der Waals surface area contributed by atoms with Crippen LogP contribution in [0, 0.1) is 0 Å². The van der Waals surface area contributed by atoms with Gasteiger partial charge in [0.1, 0.15) is 11.2 Å². The minimum atomic E-state index is -0.601. The fraction of sp³-hybridized carbons (Fsp3) is 0.438. The first-order valence-corrected chi connectivity index (χ1v) is 7.06. The molecule has 0 atom stereocenters. The number of rotatable bonds is 3. The number of aromatic nitrogens is 2. The van der Waals surface area contributed by atoms with Gasteiger partial charge in [-0.25, -0.2) is 14.3 Å². The molecular formula is C16H20N2O3. The molecule has 0 aliphatic rings. The Balaban J connectivity index is 2.50. The lowest BCUT2D eigenvalue weighted by Gasteiger charge is -2.19. The van der Waals surface area contributed by atoms with E-state index in [0.717, 1.165) is 6.42 Å². The summed E-state index contributed by atoms with van der Waals surface area (Å²) in [6.07, 6.45) is 3.81. The van der Waals surface area contributed by atoms with Gasteiger partial charge in [0, 0.05) is 29.8 Å². The first-order valence-electron chi connectivity index (χ1n) is 7.06. The molecule has 0 unspecified atom stereocenters. The Morgan fingerprint density at radius 2 is 2.05 bits per heavy atom. The number of carbonyl (C=O) groups excluding carboxylic acids is 2. The lowest BCUT2D eigenvalue weighted by atomic mass is 10.1. The van der Waals surface area contributed by atoms with E-state index in [9.17, 15) is 9.59 Å². The Kier molecular flexibility index (Phi) is 4.11. The molecule has 0 aliphatic heterocycles. The predicted octanol–water partition coefficient (Wildman–Crippen LogP) is 3.80. The Hall–Kier alpha value is -2.17. The number of ketones is 1. The maximum atomic E-state index is 12.3. The van der Waals surface area contributed by atoms with Crippen LogP contribution >= 0.6 is 0 Å². The summed E-state index contributed by atoms with van der Waals surface area (Å²) in [5, 5.41) is 0.682. The van der Waals surface area contributed by atoms with E-state index in [4.69, 9.17) is 4.74 Å². The highest BCUT2D eigenvalue weighted by molar-refractivity contribution is 6.08. The van der Waals surface area contributed by atoms with Gasteiger partial charge in [0.25, 0.3) is 0 Å². The largest absolute Gasteiger partial charge is 0.443 e. The van der Waals surface area contributed by atoms with Gasteiger partial charge >= 0.3 is 6.09 Å². The Morgan fingerprint density at radius 1 is 1.33 bits per heavy atom. The number of Topliss-reactive ketones (excluding diaryl/α,β-unsaturated/α-hetero) is 1. The summed E-state index contributed by atoms with van der Waals surface area (Å²) in [7, 11) is 0. The third-order valence-corrected chi connectivity index (χ3v) is 2.93. The molecule has 0 N–H and O–H groups in total. The van der Waals surface area contributed by atoms with Crippen LogP contribution in [0.1, 0.15) is 50.9 Å². The molecule has 0 saturated heterocycles. The van der Waals surface area contributed by atoms with Gasteiger partial charge in [-0.1, -0.05) is 6.92 Å². The van der Waals surface area contributed by atoms with Crippen LogP contribution in [0.4, 0.5) is 4.79 Å². The van der Waals surface area contributed by atoms with Crippen LogP contribution in [-0.4, -0.2) is 27.0 Å². The third-order valence-electron chi connectivity index (χ3n) is 2.93. The number of pyridine rings is 1. The summed E-state index contributed by atoms with van der Waals surface area (Å²) in [4.78, 5) is 28.6. The van der Waals surface area contributed by atoms with Crippen molar-refractivity contribution < 1.29 is 14.3 Å². The fourth-order valence-corrected chi connectivity index (χ4v) is 2.09. The second kappa shape index (κ2) is 5.68. The molecule has 2 aromatic heterocycles. The number of hydrogen-bond acceptors (Lipinski definition) is 4. The highest BCUT2D eigenvalue weighted by Crippen LogP contribution is 2.22. The number of hydrogen-bond donors (Lipinski definition) is 0. The summed E-state index contributed by atoms with van der Waals surface area (Å²) in [6, 6.07) is 3.55. The maximum absolute atomic E-state index is 12.3. The van der Waals surface area contributed by atoms with Crippen LogP contribution < -0.4 is 0 Å². The molecule has 2 aromatic rings. The van der Waals surface area contributed by atoms with E-state index in [2.05, 4.69) is 4.98 Å². The molecule has 0 radical (unpaired) electrons. The van der Waals surface area contributed by atoms with Gasteiger partial charge in [-0.3, -0.25) is 4.79 Å². The van der Waals surface area contributed by atoms with Crippen molar-refractivity contribution in [3.63, 3.8) is 0 Å². The van der Waals surface area contributed by atoms with E-state index in [1.165, 1.54) is 10.8 Å². The second-order valence-electron chi connectivity index (χ2n) is 5.94. The van der Waals surface area contributed by atoms with Crippen LogP contribution in [0.3, 0.4) is 0 Å². The highest BCUT2D eigenvalue weighted by Gasteiger charge is 2.23. The van der Waals surface area contributed by atoms with Gasteiger partial charge in [0.15, 0.2) is 5.78 Å². The summed E-state index contributed by atoms with van der Waals surface area (Å²) in [6.45, 7) is 7.34. The van der Waals surface area contributed by atoms with Gasteiger partial charge in [0.05, 0.1) is 0 Å². The molecule has 5 nitrogen and oxygen atoms in total. The number of ether oxygens (including phenoxy) is 1. The van der Waals surface area contributed by atoms with Crippen LogP contribution in [0.5, 0.6) is 0 Å². The molecule has 2 rings (SSSR count). The summed E-state index contributed by atoms with van der Waals surface area (Å²) >= 11 is 0. The lowest BCUT2D eigenvalue weighted by Crippen LogP contribution is -2.26. The van der Waals surface area contributed by atoms with Crippen molar-refractivity contribution in [3.05, 3.63) is 30.1 Å². The van der Waals surface area contributed by atoms with Gasteiger partial charge in [-0.2, -0.15) is 0 Å². The molecule has 0 bridgehead atoms. The van der Waals surface area contributed by atoms with Gasteiger partial charge in [-0.15, -0.1) is 0 Å². The third kappa shape index (κ3) is 3.29. The minimum Gasteiger partial charge on any atom is -0.443 e. The standard InChI is InChI=1S/C16H20N2O3/c1-5-7-13(19)12-10-18(15(20)21-16(2,3)4)14-11(12)8-6-9-17-14/h6,8-10H,5,7H2,1-4H3. The average Bonchev–Trinajstić information content (AvgIpc) is 2.76. The minimum absolute atomic E-state index is 0.0119. The molecule has 0 amide bonds. The zero-order chi connectivity index (χ0) is 15.6.